The van der Waals surface area contributed by atoms with E-state index in [2.05, 4.69) is 0 Å². The van der Waals surface area contributed by atoms with Crippen LogP contribution in [-0.4, -0.2) is 31.3 Å². The Kier molecular flexibility index (Phi) is 3.87. The zero-order valence-electron chi connectivity index (χ0n) is 18.8. The van der Waals surface area contributed by atoms with Gasteiger partial charge in [-0.1, -0.05) is 66.7 Å². The standard InChI is InChI=1S/C27H19NO4S3/c1-26-21(17-12-6-8-14-19(17)34(26,29)30)23-24(33-25(28-23)16-10-4-3-5-11-16)22-18-13-7-9-15-20(18)35(31,32)27(22,26)2/h3-15H,1-2H3/t26-,27-/m1/s1. The lowest BCUT2D eigenvalue weighted by Gasteiger charge is -2.42. The molecule has 0 amide bonds. The third kappa shape index (κ3) is 2.14. The molecular weight excluding hydrogens is 499 g/mol. The fourth-order valence-corrected chi connectivity index (χ4v) is 12.6. The molecule has 35 heavy (non-hydrogen) atoms. The molecule has 0 saturated heterocycles. The average Bonchev–Trinajstić information content (AvgIpc) is 3.42. The molecule has 1 aliphatic carbocycles. The monoisotopic (exact) mass is 517 g/mol. The van der Waals surface area contributed by atoms with Gasteiger partial charge in [-0.05, 0) is 31.5 Å². The third-order valence-electron chi connectivity index (χ3n) is 7.94. The fraction of sp³-hybridized carbons (Fsp3) is 0.148. The molecule has 8 heteroatoms. The Bertz CT molecular complexity index is 1830. The number of benzene rings is 3. The van der Waals surface area contributed by atoms with Gasteiger partial charge in [-0.15, -0.1) is 11.3 Å². The SMILES string of the molecule is C[C@@]12C(=c3nc(-c4ccccc4)sc3=C3c4ccccc4S(=O)(=O)[C@]31C)c1ccccc1S2(=O)=O. The second kappa shape index (κ2) is 6.37. The molecule has 3 aromatic carbocycles. The van der Waals surface area contributed by atoms with E-state index < -0.39 is 29.2 Å². The molecule has 3 heterocycles. The third-order valence-corrected chi connectivity index (χ3v) is 14.4. The summed E-state index contributed by atoms with van der Waals surface area (Å²) in [5.41, 5.74) is 3.01. The van der Waals surface area contributed by atoms with Crippen molar-refractivity contribution in [3.63, 3.8) is 0 Å². The first-order valence-corrected chi connectivity index (χ1v) is 14.9. The predicted octanol–water partition coefficient (Wildman–Crippen LogP) is 3.31. The highest BCUT2D eigenvalue weighted by atomic mass is 32.2. The van der Waals surface area contributed by atoms with E-state index in [0.717, 1.165) is 15.1 Å². The van der Waals surface area contributed by atoms with Crippen LogP contribution >= 0.6 is 11.3 Å². The lowest BCUT2D eigenvalue weighted by Crippen LogP contribution is -2.62. The highest BCUT2D eigenvalue weighted by Crippen LogP contribution is 2.62. The van der Waals surface area contributed by atoms with E-state index in [4.69, 9.17) is 4.98 Å². The maximum atomic E-state index is 14.3. The molecule has 1 aromatic heterocycles. The van der Waals surface area contributed by atoms with E-state index in [9.17, 15) is 16.8 Å². The predicted molar refractivity (Wildman–Crippen MR) is 136 cm³/mol. The molecule has 7 rings (SSSR count). The van der Waals surface area contributed by atoms with Crippen molar-refractivity contribution in [1.29, 1.82) is 0 Å². The Morgan fingerprint density at radius 2 is 1.14 bits per heavy atom. The highest BCUT2D eigenvalue weighted by molar-refractivity contribution is 7.98. The van der Waals surface area contributed by atoms with Crippen molar-refractivity contribution < 1.29 is 16.8 Å². The van der Waals surface area contributed by atoms with Gasteiger partial charge in [0.25, 0.3) is 0 Å². The fourth-order valence-electron chi connectivity index (χ4n) is 6.08. The topological polar surface area (TPSA) is 81.2 Å². The molecule has 0 saturated carbocycles. The van der Waals surface area contributed by atoms with Gasteiger partial charge in [-0.3, -0.25) is 0 Å². The zero-order valence-corrected chi connectivity index (χ0v) is 21.3. The minimum atomic E-state index is -4.08. The second-order valence-corrected chi connectivity index (χ2v) is 14.9. The minimum Gasteiger partial charge on any atom is -0.236 e. The van der Waals surface area contributed by atoms with Crippen LogP contribution in [0.5, 0.6) is 0 Å². The van der Waals surface area contributed by atoms with Crippen molar-refractivity contribution in [3.05, 3.63) is 99.9 Å². The van der Waals surface area contributed by atoms with E-state index in [1.54, 1.807) is 62.4 Å². The summed E-state index contributed by atoms with van der Waals surface area (Å²) in [6, 6.07) is 23.3. The second-order valence-electron chi connectivity index (χ2n) is 9.38. The van der Waals surface area contributed by atoms with Crippen LogP contribution in [0.15, 0.2) is 88.7 Å². The number of rotatable bonds is 1. The van der Waals surface area contributed by atoms with Crippen molar-refractivity contribution in [1.82, 2.24) is 4.98 Å². The summed E-state index contributed by atoms with van der Waals surface area (Å²) in [6.45, 7) is 3.16. The number of thiazole rings is 1. The average molecular weight is 518 g/mol. The highest BCUT2D eigenvalue weighted by Gasteiger charge is 2.72. The molecule has 0 radical (unpaired) electrons. The van der Waals surface area contributed by atoms with Gasteiger partial charge in [0.05, 0.1) is 19.7 Å². The van der Waals surface area contributed by atoms with Gasteiger partial charge < -0.3 is 0 Å². The molecule has 4 aromatic rings. The summed E-state index contributed by atoms with van der Waals surface area (Å²) >= 11 is 1.42. The minimum absolute atomic E-state index is 0.159. The molecule has 2 aliphatic heterocycles. The maximum Gasteiger partial charge on any atom is 0.190 e. The van der Waals surface area contributed by atoms with Crippen LogP contribution in [0.4, 0.5) is 0 Å². The first-order valence-electron chi connectivity index (χ1n) is 11.2. The van der Waals surface area contributed by atoms with Crippen LogP contribution in [0.3, 0.4) is 0 Å². The van der Waals surface area contributed by atoms with Crippen molar-refractivity contribution in [3.8, 4) is 10.6 Å². The lowest BCUT2D eigenvalue weighted by atomic mass is 9.75. The lowest BCUT2D eigenvalue weighted by molar-refractivity contribution is 0.520. The van der Waals surface area contributed by atoms with E-state index in [0.29, 0.717) is 27.6 Å². The van der Waals surface area contributed by atoms with Crippen molar-refractivity contribution >= 4 is 42.2 Å². The molecule has 0 spiro atoms. The van der Waals surface area contributed by atoms with Crippen LogP contribution in [0.1, 0.15) is 25.0 Å². The van der Waals surface area contributed by atoms with E-state index in [-0.39, 0.29) is 9.79 Å². The summed E-state index contributed by atoms with van der Waals surface area (Å²) in [7, 11) is -8.14. The molecule has 0 N–H and O–H groups in total. The molecule has 0 bridgehead atoms. The molecule has 0 unspecified atom stereocenters. The Balaban J connectivity index is 1.80. The number of sulfone groups is 2. The summed E-state index contributed by atoms with van der Waals surface area (Å²) in [5.74, 6) is 0. The van der Waals surface area contributed by atoms with Gasteiger partial charge in [0.15, 0.2) is 19.7 Å². The van der Waals surface area contributed by atoms with Gasteiger partial charge in [0, 0.05) is 22.3 Å². The summed E-state index contributed by atoms with van der Waals surface area (Å²) < 4.78 is 54.4. The van der Waals surface area contributed by atoms with E-state index in [1.165, 1.54) is 11.3 Å². The van der Waals surface area contributed by atoms with Crippen molar-refractivity contribution in [2.75, 3.05) is 0 Å². The van der Waals surface area contributed by atoms with Crippen LogP contribution in [0.25, 0.3) is 21.7 Å². The quantitative estimate of drug-likeness (QED) is 0.387. The summed E-state index contributed by atoms with van der Waals surface area (Å²) in [6.07, 6.45) is 0. The smallest absolute Gasteiger partial charge is 0.190 e. The summed E-state index contributed by atoms with van der Waals surface area (Å²) in [4.78, 5) is 5.32. The summed E-state index contributed by atoms with van der Waals surface area (Å²) in [5, 5.41) is 1.29. The first kappa shape index (κ1) is 21.2. The Morgan fingerprint density at radius 3 is 1.74 bits per heavy atom. The molecule has 0 fully saturated rings. The van der Waals surface area contributed by atoms with Crippen LogP contribution in [0, 0.1) is 0 Å². The zero-order chi connectivity index (χ0) is 24.4. The van der Waals surface area contributed by atoms with Crippen molar-refractivity contribution in [2.24, 2.45) is 0 Å². The van der Waals surface area contributed by atoms with Crippen LogP contribution < -0.4 is 9.88 Å². The largest absolute Gasteiger partial charge is 0.236 e. The van der Waals surface area contributed by atoms with Gasteiger partial charge in [-0.2, -0.15) is 0 Å². The number of fused-ring (bicyclic) bond motifs is 8. The van der Waals surface area contributed by atoms with Gasteiger partial charge in [0.2, 0.25) is 0 Å². The number of aromatic nitrogens is 1. The van der Waals surface area contributed by atoms with Gasteiger partial charge >= 0.3 is 0 Å². The molecule has 5 nitrogen and oxygen atoms in total. The number of nitrogens with zero attached hydrogens (tertiary/aromatic N) is 1. The molecule has 2 atom stereocenters. The molecule has 174 valence electrons. The van der Waals surface area contributed by atoms with Gasteiger partial charge in [0.1, 0.15) is 14.5 Å². The van der Waals surface area contributed by atoms with Crippen LogP contribution in [0.2, 0.25) is 0 Å². The number of hydrogen-bond donors (Lipinski definition) is 0. The maximum absolute atomic E-state index is 14.3. The molecule has 3 aliphatic rings. The molecular formula is C27H19NO4S3. The number of hydrogen-bond acceptors (Lipinski definition) is 6. The van der Waals surface area contributed by atoms with E-state index >= 15 is 0 Å². The Hall–Kier alpha value is -3.07. The van der Waals surface area contributed by atoms with Crippen LogP contribution in [-0.2, 0) is 19.7 Å². The Morgan fingerprint density at radius 1 is 0.657 bits per heavy atom. The van der Waals surface area contributed by atoms with Crippen molar-refractivity contribution in [2.45, 2.75) is 33.1 Å². The Labute approximate surface area is 207 Å². The van der Waals surface area contributed by atoms with E-state index in [1.807, 2.05) is 30.3 Å². The van der Waals surface area contributed by atoms with Gasteiger partial charge in [-0.25, -0.2) is 21.8 Å². The first-order chi connectivity index (χ1) is 16.7. The normalized spacial score (nSPS) is 26.5.